The lowest BCUT2D eigenvalue weighted by Crippen LogP contribution is -2.44. The van der Waals surface area contributed by atoms with Crippen LogP contribution in [0, 0.1) is 5.92 Å². The van der Waals surface area contributed by atoms with Crippen molar-refractivity contribution in [2.45, 2.75) is 32.2 Å². The van der Waals surface area contributed by atoms with E-state index >= 15 is 0 Å². The van der Waals surface area contributed by atoms with Gasteiger partial charge in [0.15, 0.2) is 0 Å². The van der Waals surface area contributed by atoms with E-state index in [0.29, 0.717) is 5.92 Å². The van der Waals surface area contributed by atoms with Crippen molar-refractivity contribution in [2.75, 3.05) is 13.1 Å². The minimum Gasteiger partial charge on any atom is -0.341 e. The Labute approximate surface area is 108 Å². The monoisotopic (exact) mass is 250 g/mol. The van der Waals surface area contributed by atoms with Gasteiger partial charge in [0.25, 0.3) is 0 Å². The molecule has 0 radical (unpaired) electrons. The minimum atomic E-state index is -0.575. The number of piperidine rings is 1. The van der Waals surface area contributed by atoms with E-state index in [1.54, 1.807) is 10.9 Å². The number of carbonyl (C=O) groups is 1. The lowest BCUT2D eigenvalue weighted by Gasteiger charge is -2.33. The van der Waals surface area contributed by atoms with Gasteiger partial charge in [-0.15, -0.1) is 0 Å². The number of aromatic nitrogens is 2. The maximum absolute atomic E-state index is 12.3. The predicted octanol–water partition coefficient (Wildman–Crippen LogP) is 1.07. The summed E-state index contributed by atoms with van der Waals surface area (Å²) in [5.41, 5.74) is 6.82. The number of amides is 1. The second-order valence-electron chi connectivity index (χ2n) is 5.13. The molecule has 2 rings (SSSR count). The number of hydrogen-bond acceptors (Lipinski definition) is 3. The van der Waals surface area contributed by atoms with Crippen molar-refractivity contribution in [1.29, 1.82) is 0 Å². The van der Waals surface area contributed by atoms with Gasteiger partial charge in [-0.1, -0.05) is 13.3 Å². The Kier molecular flexibility index (Phi) is 4.01. The van der Waals surface area contributed by atoms with Crippen molar-refractivity contribution in [3.05, 3.63) is 18.0 Å². The summed E-state index contributed by atoms with van der Waals surface area (Å²) < 4.78 is 1.67. The number of carbonyl (C=O) groups excluding carboxylic acids is 1. The van der Waals surface area contributed by atoms with E-state index in [4.69, 9.17) is 5.73 Å². The van der Waals surface area contributed by atoms with Crippen LogP contribution in [0.3, 0.4) is 0 Å². The third-order valence-electron chi connectivity index (χ3n) is 3.76. The molecule has 0 saturated carbocycles. The largest absolute Gasteiger partial charge is 0.341 e. The van der Waals surface area contributed by atoms with E-state index in [1.807, 2.05) is 18.1 Å². The molecule has 1 fully saturated rings. The van der Waals surface area contributed by atoms with Crippen LogP contribution in [-0.4, -0.2) is 33.7 Å². The quantitative estimate of drug-likeness (QED) is 0.872. The molecular formula is C13H22N4O. The summed E-state index contributed by atoms with van der Waals surface area (Å²) in [4.78, 5) is 14.2. The molecule has 0 aromatic carbocycles. The van der Waals surface area contributed by atoms with E-state index in [1.165, 1.54) is 6.42 Å². The Morgan fingerprint density at radius 3 is 3.06 bits per heavy atom. The summed E-state index contributed by atoms with van der Waals surface area (Å²) in [6.07, 6.45) is 6.92. The molecule has 100 valence electrons. The van der Waals surface area contributed by atoms with Gasteiger partial charge in [0, 0.05) is 31.9 Å². The Bertz CT molecular complexity index is 415. The van der Waals surface area contributed by atoms with E-state index < -0.39 is 6.04 Å². The van der Waals surface area contributed by atoms with Crippen LogP contribution < -0.4 is 5.73 Å². The molecule has 0 bridgehead atoms. The van der Waals surface area contributed by atoms with Gasteiger partial charge >= 0.3 is 0 Å². The van der Waals surface area contributed by atoms with Crippen molar-refractivity contribution in [3.63, 3.8) is 0 Å². The van der Waals surface area contributed by atoms with Gasteiger partial charge < -0.3 is 10.6 Å². The van der Waals surface area contributed by atoms with Crippen LogP contribution in [-0.2, 0) is 11.8 Å². The van der Waals surface area contributed by atoms with Crippen LogP contribution in [0.4, 0.5) is 0 Å². The molecule has 1 aromatic rings. The fourth-order valence-electron chi connectivity index (χ4n) is 2.54. The van der Waals surface area contributed by atoms with E-state index in [-0.39, 0.29) is 5.91 Å². The Morgan fingerprint density at radius 1 is 1.67 bits per heavy atom. The molecule has 1 aliphatic heterocycles. The molecule has 2 atom stereocenters. The van der Waals surface area contributed by atoms with Gasteiger partial charge in [0.05, 0.1) is 6.20 Å². The van der Waals surface area contributed by atoms with Gasteiger partial charge in [0.1, 0.15) is 6.04 Å². The molecule has 2 unspecified atom stereocenters. The normalized spacial score (nSPS) is 21.9. The molecule has 0 aliphatic carbocycles. The van der Waals surface area contributed by atoms with Crippen LogP contribution in [0.5, 0.6) is 0 Å². The number of hydrogen-bond donors (Lipinski definition) is 1. The van der Waals surface area contributed by atoms with Crippen molar-refractivity contribution < 1.29 is 4.79 Å². The van der Waals surface area contributed by atoms with E-state index in [9.17, 15) is 4.79 Å². The summed E-state index contributed by atoms with van der Waals surface area (Å²) >= 11 is 0. The fourth-order valence-corrected chi connectivity index (χ4v) is 2.54. The number of nitrogens with zero attached hydrogens (tertiary/aromatic N) is 3. The van der Waals surface area contributed by atoms with Crippen molar-refractivity contribution in [2.24, 2.45) is 18.7 Å². The first-order valence-electron chi connectivity index (χ1n) is 6.64. The zero-order chi connectivity index (χ0) is 13.1. The average Bonchev–Trinajstić information content (AvgIpc) is 2.83. The summed E-state index contributed by atoms with van der Waals surface area (Å²) in [5, 5.41) is 4.06. The molecule has 1 aromatic heterocycles. The summed E-state index contributed by atoms with van der Waals surface area (Å²) in [6, 6.07) is -0.575. The minimum absolute atomic E-state index is 0.0288. The van der Waals surface area contributed by atoms with Crippen LogP contribution in [0.2, 0.25) is 0 Å². The first-order chi connectivity index (χ1) is 8.61. The molecule has 2 N–H and O–H groups in total. The zero-order valence-electron chi connectivity index (χ0n) is 11.2. The second-order valence-corrected chi connectivity index (χ2v) is 5.13. The molecule has 1 aliphatic rings. The highest BCUT2D eigenvalue weighted by Crippen LogP contribution is 2.22. The van der Waals surface area contributed by atoms with E-state index in [0.717, 1.165) is 31.5 Å². The topological polar surface area (TPSA) is 64.2 Å². The van der Waals surface area contributed by atoms with Gasteiger partial charge in [-0.25, -0.2) is 0 Å². The Balaban J connectivity index is 2.02. The van der Waals surface area contributed by atoms with Crippen molar-refractivity contribution >= 4 is 5.91 Å². The van der Waals surface area contributed by atoms with Gasteiger partial charge in [-0.05, 0) is 18.8 Å². The third-order valence-corrected chi connectivity index (χ3v) is 3.76. The number of likely N-dealkylation sites (tertiary alicyclic amines) is 1. The summed E-state index contributed by atoms with van der Waals surface area (Å²) in [5.74, 6) is 0.657. The standard InChI is InChI=1S/C13H22N4O/c1-3-10-5-4-6-17(8-10)13(18)12(14)11-7-15-16(2)9-11/h7,9-10,12H,3-6,8,14H2,1-2H3. The molecule has 1 amide bonds. The van der Waals surface area contributed by atoms with Crippen LogP contribution in [0.25, 0.3) is 0 Å². The van der Waals surface area contributed by atoms with Crippen LogP contribution in [0.15, 0.2) is 12.4 Å². The predicted molar refractivity (Wildman–Crippen MR) is 69.7 cm³/mol. The molecule has 18 heavy (non-hydrogen) atoms. The molecule has 1 saturated heterocycles. The first-order valence-corrected chi connectivity index (χ1v) is 6.64. The Hall–Kier alpha value is -1.36. The average molecular weight is 250 g/mol. The molecule has 2 heterocycles. The SMILES string of the molecule is CCC1CCCN(C(=O)C(N)c2cnn(C)c2)C1. The zero-order valence-corrected chi connectivity index (χ0v) is 11.2. The van der Waals surface area contributed by atoms with Gasteiger partial charge in [-0.3, -0.25) is 9.48 Å². The maximum Gasteiger partial charge on any atom is 0.244 e. The van der Waals surface area contributed by atoms with Crippen molar-refractivity contribution in [1.82, 2.24) is 14.7 Å². The lowest BCUT2D eigenvalue weighted by atomic mass is 9.95. The Morgan fingerprint density at radius 2 is 2.44 bits per heavy atom. The highest BCUT2D eigenvalue weighted by atomic mass is 16.2. The number of nitrogens with two attached hydrogens (primary N) is 1. The lowest BCUT2D eigenvalue weighted by molar-refractivity contribution is -0.134. The third kappa shape index (κ3) is 2.72. The van der Waals surface area contributed by atoms with Crippen LogP contribution >= 0.6 is 0 Å². The molecule has 5 nitrogen and oxygen atoms in total. The molecule has 5 heteroatoms. The number of rotatable bonds is 3. The van der Waals surface area contributed by atoms with Gasteiger partial charge in [-0.2, -0.15) is 5.10 Å². The summed E-state index contributed by atoms with van der Waals surface area (Å²) in [7, 11) is 1.83. The highest BCUT2D eigenvalue weighted by Gasteiger charge is 2.27. The first kappa shape index (κ1) is 13.1. The highest BCUT2D eigenvalue weighted by molar-refractivity contribution is 5.83. The fraction of sp³-hybridized carbons (Fsp3) is 0.692. The van der Waals surface area contributed by atoms with Gasteiger partial charge in [0.2, 0.25) is 5.91 Å². The smallest absolute Gasteiger partial charge is 0.244 e. The maximum atomic E-state index is 12.3. The molecular weight excluding hydrogens is 228 g/mol. The summed E-state index contributed by atoms with van der Waals surface area (Å²) in [6.45, 7) is 3.87. The van der Waals surface area contributed by atoms with Crippen molar-refractivity contribution in [3.8, 4) is 0 Å². The van der Waals surface area contributed by atoms with Crippen LogP contribution in [0.1, 0.15) is 37.8 Å². The molecule has 0 spiro atoms. The number of aryl methyl sites for hydroxylation is 1. The van der Waals surface area contributed by atoms with E-state index in [2.05, 4.69) is 12.0 Å². The second kappa shape index (κ2) is 5.52.